The molecule has 0 bridgehead atoms. The van der Waals surface area contributed by atoms with Crippen LogP contribution in [0.1, 0.15) is 50.7 Å². The van der Waals surface area contributed by atoms with Crippen LogP contribution in [-0.4, -0.2) is 60.6 Å². The average Bonchev–Trinajstić information content (AvgIpc) is 3.02. The number of anilines is 2. The van der Waals surface area contributed by atoms with E-state index in [1.807, 2.05) is 13.0 Å². The van der Waals surface area contributed by atoms with Gasteiger partial charge in [0.25, 0.3) is 5.56 Å². The minimum atomic E-state index is -4.13. The molecular formula is C31H40N4O8S. The summed E-state index contributed by atoms with van der Waals surface area (Å²) in [5.74, 6) is -1.68. The van der Waals surface area contributed by atoms with Crippen molar-refractivity contribution in [3.05, 3.63) is 71.1 Å². The Morgan fingerprint density at radius 2 is 1.68 bits per heavy atom. The van der Waals surface area contributed by atoms with Gasteiger partial charge in [-0.2, -0.15) is 9.57 Å². The molecule has 0 saturated heterocycles. The van der Waals surface area contributed by atoms with Crippen LogP contribution in [0.3, 0.4) is 0 Å². The average molecular weight is 629 g/mol. The summed E-state index contributed by atoms with van der Waals surface area (Å²) in [6.45, 7) is 11.5. The van der Waals surface area contributed by atoms with Gasteiger partial charge in [-0.05, 0) is 43.5 Å². The van der Waals surface area contributed by atoms with Crippen LogP contribution >= 0.6 is 0 Å². The number of carbonyl (C=O) groups excluding carboxylic acids is 2. The van der Waals surface area contributed by atoms with Crippen LogP contribution in [0.4, 0.5) is 11.4 Å². The molecule has 0 aliphatic carbocycles. The quantitative estimate of drug-likeness (QED) is 0.181. The first kappa shape index (κ1) is 35.8. The number of ether oxygens (including phenoxy) is 2. The molecule has 0 fully saturated rings. The van der Waals surface area contributed by atoms with Crippen molar-refractivity contribution in [2.45, 2.75) is 57.9 Å². The number of carbonyl (C=O) groups is 2. The molecule has 13 heteroatoms. The van der Waals surface area contributed by atoms with Crippen LogP contribution in [0.15, 0.2) is 59.3 Å². The van der Waals surface area contributed by atoms with E-state index in [0.717, 1.165) is 42.1 Å². The lowest BCUT2D eigenvalue weighted by Crippen LogP contribution is -2.37. The fraction of sp³-hybridized carbons (Fsp3) is 0.419. The second kappa shape index (κ2) is 17.0. The number of nitriles is 1. The number of esters is 2. The lowest BCUT2D eigenvalue weighted by Gasteiger charge is -2.22. The molecule has 1 aromatic carbocycles. The Balaban J connectivity index is 2.38. The molecular weight excluding hydrogens is 588 g/mol. The molecule has 1 unspecified atom stereocenters. The van der Waals surface area contributed by atoms with Crippen LogP contribution in [-0.2, 0) is 35.6 Å². The Kier molecular flexibility index (Phi) is 13.8. The van der Waals surface area contributed by atoms with E-state index in [2.05, 4.69) is 25.4 Å². The summed E-state index contributed by atoms with van der Waals surface area (Å²) in [4.78, 5) is 36.3. The monoisotopic (exact) mass is 628 g/mol. The molecule has 238 valence electrons. The van der Waals surface area contributed by atoms with Crippen LogP contribution < -0.4 is 10.9 Å². The maximum absolute atomic E-state index is 13.5. The number of rotatable bonds is 18. The molecule has 0 saturated carbocycles. The molecule has 44 heavy (non-hydrogen) atoms. The number of hydrogen-bond donors (Lipinski definition) is 2. The van der Waals surface area contributed by atoms with E-state index in [9.17, 15) is 33.2 Å². The van der Waals surface area contributed by atoms with Crippen LogP contribution in [0.5, 0.6) is 5.88 Å². The number of benzene rings is 1. The zero-order valence-electron chi connectivity index (χ0n) is 25.4. The first-order valence-corrected chi connectivity index (χ1v) is 15.7. The molecule has 0 radical (unpaired) electrons. The molecule has 0 aliphatic heterocycles. The molecule has 2 aromatic rings. The third kappa shape index (κ3) is 9.29. The summed E-state index contributed by atoms with van der Waals surface area (Å²) in [5.41, 5.74) is 0.199. The van der Waals surface area contributed by atoms with Gasteiger partial charge in [-0.1, -0.05) is 46.3 Å². The van der Waals surface area contributed by atoms with E-state index < -0.39 is 27.5 Å². The zero-order valence-corrected chi connectivity index (χ0v) is 26.2. The Bertz CT molecular complexity index is 1520. The molecule has 1 heterocycles. The first-order valence-electron chi connectivity index (χ1n) is 14.3. The van der Waals surface area contributed by atoms with Gasteiger partial charge in [-0.25, -0.2) is 18.0 Å². The second-order valence-electron chi connectivity index (χ2n) is 9.94. The first-order chi connectivity index (χ1) is 20.9. The van der Waals surface area contributed by atoms with Crippen molar-refractivity contribution in [1.82, 2.24) is 8.87 Å². The number of nitrogens with one attached hydrogen (secondary N) is 1. The van der Waals surface area contributed by atoms with Gasteiger partial charge in [0.05, 0.1) is 4.90 Å². The maximum Gasteiger partial charge on any atom is 0.330 e. The highest BCUT2D eigenvalue weighted by atomic mass is 32.2. The smallest absolute Gasteiger partial charge is 0.330 e. The number of pyridine rings is 1. The van der Waals surface area contributed by atoms with Crippen molar-refractivity contribution in [3.8, 4) is 11.9 Å². The van der Waals surface area contributed by atoms with Crippen molar-refractivity contribution in [2.24, 2.45) is 5.92 Å². The lowest BCUT2D eigenvalue weighted by molar-refractivity contribution is -0.137. The van der Waals surface area contributed by atoms with Gasteiger partial charge in [0.15, 0.2) is 0 Å². The summed E-state index contributed by atoms with van der Waals surface area (Å²) in [6.07, 6.45) is 5.55. The van der Waals surface area contributed by atoms with Crippen molar-refractivity contribution < 1.29 is 32.6 Å². The van der Waals surface area contributed by atoms with E-state index in [1.165, 1.54) is 28.8 Å². The van der Waals surface area contributed by atoms with Gasteiger partial charge < -0.3 is 19.9 Å². The van der Waals surface area contributed by atoms with Gasteiger partial charge in [-0.3, -0.25) is 9.36 Å². The molecule has 0 spiro atoms. The highest BCUT2D eigenvalue weighted by molar-refractivity contribution is 7.89. The van der Waals surface area contributed by atoms with Gasteiger partial charge in [0.1, 0.15) is 30.5 Å². The summed E-state index contributed by atoms with van der Waals surface area (Å²) >= 11 is 0. The number of hydrogen-bond acceptors (Lipinski definition) is 10. The third-order valence-electron chi connectivity index (χ3n) is 7.05. The van der Waals surface area contributed by atoms with E-state index in [-0.39, 0.29) is 66.4 Å². The van der Waals surface area contributed by atoms with Gasteiger partial charge in [0, 0.05) is 43.0 Å². The Morgan fingerprint density at radius 1 is 1.11 bits per heavy atom. The van der Waals surface area contributed by atoms with Crippen molar-refractivity contribution in [2.75, 3.05) is 31.6 Å². The molecule has 0 aliphatic rings. The molecule has 1 aromatic heterocycles. The summed E-state index contributed by atoms with van der Waals surface area (Å²) in [6, 6.07) is 7.55. The second-order valence-corrected chi connectivity index (χ2v) is 11.9. The number of aromatic nitrogens is 1. The standard InChI is InChI=1S/C31H40N4O8S/c1-6-10-11-23(7-2)21-35-30(38)26(20-32)22(5)29(31(35)39)33-24-12-14-25(15-13-24)44(40,41)34(16-18-42-27(36)8-3)17-19-43-28(37)9-4/h8-9,12-15,23,33,38H,3-4,6-7,10-11,16-19,21H2,1-2,5H3. The summed E-state index contributed by atoms with van der Waals surface area (Å²) in [5, 5.41) is 23.5. The fourth-order valence-electron chi connectivity index (χ4n) is 4.41. The van der Waals surface area contributed by atoms with Crippen molar-refractivity contribution in [1.29, 1.82) is 5.26 Å². The predicted molar refractivity (Wildman–Crippen MR) is 166 cm³/mol. The van der Waals surface area contributed by atoms with E-state index >= 15 is 0 Å². The zero-order chi connectivity index (χ0) is 32.9. The summed E-state index contributed by atoms with van der Waals surface area (Å²) < 4.78 is 39.0. The van der Waals surface area contributed by atoms with E-state index in [4.69, 9.17) is 9.47 Å². The molecule has 2 N–H and O–H groups in total. The third-order valence-corrected chi connectivity index (χ3v) is 8.96. The normalized spacial score (nSPS) is 11.8. The molecule has 2 rings (SSSR count). The van der Waals surface area contributed by atoms with Crippen molar-refractivity contribution >= 4 is 33.3 Å². The van der Waals surface area contributed by atoms with Crippen LogP contribution in [0.2, 0.25) is 0 Å². The van der Waals surface area contributed by atoms with Crippen LogP contribution in [0, 0.1) is 24.2 Å². The highest BCUT2D eigenvalue weighted by Gasteiger charge is 2.26. The molecule has 12 nitrogen and oxygen atoms in total. The number of aromatic hydroxyl groups is 1. The Labute approximate surface area is 258 Å². The minimum Gasteiger partial charge on any atom is -0.493 e. The van der Waals surface area contributed by atoms with Gasteiger partial charge >= 0.3 is 11.9 Å². The highest BCUT2D eigenvalue weighted by Crippen LogP contribution is 2.28. The molecule has 0 amide bonds. The molecule has 1 atom stereocenters. The Hall–Kier alpha value is -4.41. The van der Waals surface area contributed by atoms with E-state index in [1.54, 1.807) is 6.92 Å². The number of unbranched alkanes of at least 4 members (excludes halogenated alkanes) is 1. The maximum atomic E-state index is 13.5. The SMILES string of the molecule is C=CC(=O)OCCN(CCOC(=O)C=C)S(=O)(=O)c1ccc(Nc2c(C)c(C#N)c(O)n(CC(CC)CCCC)c2=O)cc1. The largest absolute Gasteiger partial charge is 0.493 e. The van der Waals surface area contributed by atoms with Gasteiger partial charge in [-0.15, -0.1) is 0 Å². The van der Waals surface area contributed by atoms with Crippen molar-refractivity contribution in [3.63, 3.8) is 0 Å². The van der Waals surface area contributed by atoms with Gasteiger partial charge in [0.2, 0.25) is 15.9 Å². The Morgan fingerprint density at radius 3 is 2.16 bits per heavy atom. The number of nitrogens with zero attached hydrogens (tertiary/aromatic N) is 3. The number of sulfonamides is 1. The predicted octanol–water partition coefficient (Wildman–Crippen LogP) is 4.14. The minimum absolute atomic E-state index is 0.0263. The van der Waals surface area contributed by atoms with Crippen LogP contribution in [0.25, 0.3) is 0 Å². The fourth-order valence-corrected chi connectivity index (χ4v) is 5.82. The summed E-state index contributed by atoms with van der Waals surface area (Å²) in [7, 11) is -4.13. The van der Waals surface area contributed by atoms with E-state index in [0.29, 0.717) is 5.69 Å². The lowest BCUT2D eigenvalue weighted by atomic mass is 9.99. The topological polar surface area (TPSA) is 168 Å².